The normalized spacial score (nSPS) is 10.5. The van der Waals surface area contributed by atoms with Gasteiger partial charge in [0.05, 0.1) is 6.54 Å². The van der Waals surface area contributed by atoms with E-state index in [1.54, 1.807) is 18.2 Å². The minimum atomic E-state index is -0.519. The number of nitrogens with zero attached hydrogens (tertiary/aromatic N) is 1. The lowest BCUT2D eigenvalue weighted by molar-refractivity contribution is -0.118. The Balaban J connectivity index is 3.00. The summed E-state index contributed by atoms with van der Waals surface area (Å²) in [5.41, 5.74) is 12.9. The maximum absolute atomic E-state index is 12.4. The highest BCUT2D eigenvalue weighted by Gasteiger charge is 2.19. The number of hydrogen-bond acceptors (Lipinski definition) is 3. The van der Waals surface area contributed by atoms with Crippen molar-refractivity contribution >= 4 is 17.5 Å². The van der Waals surface area contributed by atoms with Crippen molar-refractivity contribution in [1.82, 2.24) is 4.90 Å². The van der Waals surface area contributed by atoms with Crippen molar-refractivity contribution in [2.24, 2.45) is 11.7 Å². The number of carbonyl (C=O) groups excluding carboxylic acids is 2. The minimum Gasteiger partial charge on any atom is -0.399 e. The van der Waals surface area contributed by atoms with E-state index in [1.165, 1.54) is 4.90 Å². The number of hydrogen-bond donors (Lipinski definition) is 2. The number of aryl methyl sites for hydroxylation is 1. The fourth-order valence-corrected chi connectivity index (χ4v) is 1.97. The molecule has 0 aromatic heterocycles. The molecule has 1 aromatic carbocycles. The van der Waals surface area contributed by atoms with Gasteiger partial charge in [-0.1, -0.05) is 13.8 Å². The molecular weight excluding hydrogens is 242 g/mol. The van der Waals surface area contributed by atoms with Gasteiger partial charge in [-0.25, -0.2) is 0 Å². The van der Waals surface area contributed by atoms with Crippen molar-refractivity contribution in [2.75, 3.05) is 18.8 Å². The SMILES string of the molecule is Cc1cc(N)cc(C(=O)N(CC(N)=O)CC(C)C)c1. The Bertz CT molecular complexity index is 463. The van der Waals surface area contributed by atoms with Crippen LogP contribution in [0, 0.1) is 12.8 Å². The van der Waals surface area contributed by atoms with E-state index in [-0.39, 0.29) is 18.4 Å². The van der Waals surface area contributed by atoms with Gasteiger partial charge in [-0.15, -0.1) is 0 Å². The van der Waals surface area contributed by atoms with E-state index < -0.39 is 5.91 Å². The van der Waals surface area contributed by atoms with Crippen LogP contribution >= 0.6 is 0 Å². The van der Waals surface area contributed by atoms with Crippen molar-refractivity contribution in [3.05, 3.63) is 29.3 Å². The lowest BCUT2D eigenvalue weighted by Gasteiger charge is -2.23. The number of nitrogens with two attached hydrogens (primary N) is 2. The van der Waals surface area contributed by atoms with Crippen LogP contribution in [0.15, 0.2) is 18.2 Å². The number of carbonyl (C=O) groups is 2. The second kappa shape index (κ2) is 6.22. The molecule has 0 unspecified atom stereocenters. The van der Waals surface area contributed by atoms with E-state index >= 15 is 0 Å². The van der Waals surface area contributed by atoms with E-state index in [0.29, 0.717) is 17.8 Å². The molecule has 0 saturated heterocycles. The zero-order valence-electron chi connectivity index (χ0n) is 11.6. The fourth-order valence-electron chi connectivity index (χ4n) is 1.97. The van der Waals surface area contributed by atoms with Crippen LogP contribution in [0.1, 0.15) is 29.8 Å². The maximum atomic E-state index is 12.4. The van der Waals surface area contributed by atoms with E-state index in [1.807, 2.05) is 20.8 Å². The molecule has 0 saturated carbocycles. The Morgan fingerprint density at radius 3 is 2.37 bits per heavy atom. The molecule has 0 aliphatic rings. The van der Waals surface area contributed by atoms with Gasteiger partial charge in [0, 0.05) is 17.8 Å². The van der Waals surface area contributed by atoms with Gasteiger partial charge < -0.3 is 16.4 Å². The molecule has 1 aromatic rings. The van der Waals surface area contributed by atoms with Gasteiger partial charge in [0.25, 0.3) is 5.91 Å². The lowest BCUT2D eigenvalue weighted by atomic mass is 10.1. The number of rotatable bonds is 5. The number of anilines is 1. The summed E-state index contributed by atoms with van der Waals surface area (Å²) in [5, 5.41) is 0. The molecule has 0 atom stereocenters. The summed E-state index contributed by atoms with van der Waals surface area (Å²) in [6.45, 7) is 6.23. The Labute approximate surface area is 113 Å². The molecule has 19 heavy (non-hydrogen) atoms. The van der Waals surface area contributed by atoms with E-state index in [9.17, 15) is 9.59 Å². The first-order valence-electron chi connectivity index (χ1n) is 6.24. The summed E-state index contributed by atoms with van der Waals surface area (Å²) in [6.07, 6.45) is 0. The number of nitrogen functional groups attached to an aromatic ring is 1. The third-order valence-electron chi connectivity index (χ3n) is 2.57. The number of benzene rings is 1. The first kappa shape index (κ1) is 15.0. The first-order valence-corrected chi connectivity index (χ1v) is 6.24. The van der Waals surface area contributed by atoms with Crippen molar-refractivity contribution in [3.8, 4) is 0 Å². The van der Waals surface area contributed by atoms with Crippen molar-refractivity contribution < 1.29 is 9.59 Å². The molecule has 0 bridgehead atoms. The standard InChI is InChI=1S/C14H21N3O2/c1-9(2)7-17(8-13(16)18)14(19)11-4-10(3)5-12(15)6-11/h4-6,9H,7-8,15H2,1-3H3,(H2,16,18). The molecular formula is C14H21N3O2. The quantitative estimate of drug-likeness (QED) is 0.781. The highest BCUT2D eigenvalue weighted by Crippen LogP contribution is 2.14. The van der Waals surface area contributed by atoms with Crippen LogP contribution in [-0.2, 0) is 4.79 Å². The smallest absolute Gasteiger partial charge is 0.254 e. The number of primary amides is 1. The van der Waals surface area contributed by atoms with Gasteiger partial charge in [0.2, 0.25) is 5.91 Å². The van der Waals surface area contributed by atoms with Crippen LogP contribution in [0.4, 0.5) is 5.69 Å². The average molecular weight is 263 g/mol. The summed E-state index contributed by atoms with van der Waals surface area (Å²) in [7, 11) is 0. The van der Waals surface area contributed by atoms with Crippen LogP contribution in [0.5, 0.6) is 0 Å². The van der Waals surface area contributed by atoms with Gasteiger partial charge >= 0.3 is 0 Å². The zero-order valence-corrected chi connectivity index (χ0v) is 11.6. The molecule has 2 amide bonds. The molecule has 0 aliphatic carbocycles. The topological polar surface area (TPSA) is 89.4 Å². The third-order valence-corrected chi connectivity index (χ3v) is 2.57. The minimum absolute atomic E-state index is 0.0785. The Morgan fingerprint density at radius 1 is 1.26 bits per heavy atom. The molecule has 0 heterocycles. The summed E-state index contributed by atoms with van der Waals surface area (Å²) >= 11 is 0. The predicted molar refractivity (Wildman–Crippen MR) is 75.5 cm³/mol. The van der Waals surface area contributed by atoms with Gasteiger partial charge in [-0.3, -0.25) is 9.59 Å². The summed E-state index contributed by atoms with van der Waals surface area (Å²) in [5.74, 6) is -0.483. The maximum Gasteiger partial charge on any atom is 0.254 e. The lowest BCUT2D eigenvalue weighted by Crippen LogP contribution is -2.40. The Kier molecular flexibility index (Phi) is 4.92. The molecule has 4 N–H and O–H groups in total. The van der Waals surface area contributed by atoms with Crippen LogP contribution in [0.2, 0.25) is 0 Å². The third kappa shape index (κ3) is 4.62. The molecule has 0 radical (unpaired) electrons. The summed E-state index contributed by atoms with van der Waals surface area (Å²) in [4.78, 5) is 24.9. The van der Waals surface area contributed by atoms with E-state index in [2.05, 4.69) is 0 Å². The highest BCUT2D eigenvalue weighted by atomic mass is 16.2. The average Bonchev–Trinajstić information content (AvgIpc) is 2.24. The van der Waals surface area contributed by atoms with Crippen LogP contribution in [0.25, 0.3) is 0 Å². The molecule has 1 rings (SSSR count). The van der Waals surface area contributed by atoms with Crippen molar-refractivity contribution in [2.45, 2.75) is 20.8 Å². The summed E-state index contributed by atoms with van der Waals surface area (Å²) in [6, 6.07) is 5.16. The molecule has 5 nitrogen and oxygen atoms in total. The molecule has 0 spiro atoms. The van der Waals surface area contributed by atoms with Crippen LogP contribution in [-0.4, -0.2) is 29.8 Å². The second-order valence-electron chi connectivity index (χ2n) is 5.18. The monoisotopic (exact) mass is 263 g/mol. The summed E-state index contributed by atoms with van der Waals surface area (Å²) < 4.78 is 0. The zero-order chi connectivity index (χ0) is 14.6. The second-order valence-corrected chi connectivity index (χ2v) is 5.18. The number of amides is 2. The van der Waals surface area contributed by atoms with Gasteiger partial charge in [0.1, 0.15) is 0 Å². The van der Waals surface area contributed by atoms with Crippen LogP contribution in [0.3, 0.4) is 0 Å². The van der Waals surface area contributed by atoms with Crippen molar-refractivity contribution in [3.63, 3.8) is 0 Å². The van der Waals surface area contributed by atoms with Gasteiger partial charge in [-0.05, 0) is 36.6 Å². The molecule has 0 fully saturated rings. The Morgan fingerprint density at radius 2 is 1.89 bits per heavy atom. The predicted octanol–water partition coefficient (Wildman–Crippen LogP) is 1.16. The van der Waals surface area contributed by atoms with Gasteiger partial charge in [0.15, 0.2) is 0 Å². The highest BCUT2D eigenvalue weighted by molar-refractivity contribution is 5.97. The first-order chi connectivity index (χ1) is 8.79. The fraction of sp³-hybridized carbons (Fsp3) is 0.429. The largest absolute Gasteiger partial charge is 0.399 e. The van der Waals surface area contributed by atoms with Gasteiger partial charge in [-0.2, -0.15) is 0 Å². The molecule has 104 valence electrons. The molecule has 5 heteroatoms. The van der Waals surface area contributed by atoms with Crippen LogP contribution < -0.4 is 11.5 Å². The Hall–Kier alpha value is -2.04. The molecule has 0 aliphatic heterocycles. The van der Waals surface area contributed by atoms with E-state index in [4.69, 9.17) is 11.5 Å². The van der Waals surface area contributed by atoms with Crippen molar-refractivity contribution in [1.29, 1.82) is 0 Å². The van der Waals surface area contributed by atoms with E-state index in [0.717, 1.165) is 5.56 Å².